The van der Waals surface area contributed by atoms with Crippen LogP contribution >= 0.6 is 15.9 Å². The topological polar surface area (TPSA) is 70.4 Å². The molecule has 0 unspecified atom stereocenters. The van der Waals surface area contributed by atoms with E-state index < -0.39 is 0 Å². The predicted octanol–water partition coefficient (Wildman–Crippen LogP) is 2.29. The van der Waals surface area contributed by atoms with Gasteiger partial charge in [-0.2, -0.15) is 5.10 Å². The number of amides is 1. The highest BCUT2D eigenvalue weighted by molar-refractivity contribution is 9.10. The number of aromatic amines is 1. The van der Waals surface area contributed by atoms with Crippen molar-refractivity contribution in [1.29, 1.82) is 0 Å². The van der Waals surface area contributed by atoms with Gasteiger partial charge in [0.15, 0.2) is 5.76 Å². The number of nitrogens with zero attached hydrogens (tertiary/aromatic N) is 1. The van der Waals surface area contributed by atoms with Crippen LogP contribution in [0.3, 0.4) is 0 Å². The molecule has 2 N–H and O–H groups in total. The summed E-state index contributed by atoms with van der Waals surface area (Å²) in [5.41, 5.74) is 4.22. The number of halogens is 1. The molecule has 18 heavy (non-hydrogen) atoms. The van der Waals surface area contributed by atoms with E-state index in [1.165, 1.54) is 0 Å². The molecule has 0 fully saturated rings. The molecule has 90 valence electrons. The molecule has 1 aliphatic heterocycles. The normalized spacial score (nSPS) is 17.1. The minimum atomic E-state index is -0.243. The largest absolute Gasteiger partial charge is 0.463 e. The van der Waals surface area contributed by atoms with E-state index in [-0.39, 0.29) is 5.91 Å². The number of hydrogen-bond acceptors (Lipinski definition) is 3. The Bertz CT molecular complexity index is 653. The number of hydrazone groups is 1. The highest BCUT2D eigenvalue weighted by Gasteiger charge is 2.25. The standard InChI is InChI=1S/C12H8BrN3O2/c13-7-4-8(14-6-7)5-9-11(15-16-12(9)17)10-2-1-3-18-10/h1-6,14H,(H,16,17)/b9-5+. The van der Waals surface area contributed by atoms with Crippen molar-refractivity contribution < 1.29 is 9.21 Å². The number of furan rings is 1. The Balaban J connectivity index is 2.01. The number of aromatic nitrogens is 1. The average Bonchev–Trinajstić information content (AvgIpc) is 3.03. The predicted molar refractivity (Wildman–Crippen MR) is 69.9 cm³/mol. The Labute approximate surface area is 111 Å². The molecular formula is C12H8BrN3O2. The Hall–Kier alpha value is -2.08. The minimum absolute atomic E-state index is 0.243. The maximum Gasteiger partial charge on any atom is 0.273 e. The zero-order chi connectivity index (χ0) is 12.5. The summed E-state index contributed by atoms with van der Waals surface area (Å²) < 4.78 is 6.18. The van der Waals surface area contributed by atoms with Crippen LogP contribution in [-0.2, 0) is 4.79 Å². The van der Waals surface area contributed by atoms with Crippen molar-refractivity contribution in [2.75, 3.05) is 0 Å². The first-order valence-electron chi connectivity index (χ1n) is 5.22. The van der Waals surface area contributed by atoms with Gasteiger partial charge >= 0.3 is 0 Å². The lowest BCUT2D eigenvalue weighted by atomic mass is 10.1. The van der Waals surface area contributed by atoms with Gasteiger partial charge in [-0.1, -0.05) is 0 Å². The lowest BCUT2D eigenvalue weighted by molar-refractivity contribution is -0.116. The molecule has 6 heteroatoms. The van der Waals surface area contributed by atoms with E-state index in [0.29, 0.717) is 17.0 Å². The van der Waals surface area contributed by atoms with Crippen LogP contribution in [0.1, 0.15) is 11.5 Å². The average molecular weight is 306 g/mol. The molecule has 0 saturated carbocycles. The molecule has 0 saturated heterocycles. The van der Waals surface area contributed by atoms with Crippen molar-refractivity contribution in [2.24, 2.45) is 5.10 Å². The summed E-state index contributed by atoms with van der Waals surface area (Å²) in [6.07, 6.45) is 5.07. The molecule has 0 bridgehead atoms. The van der Waals surface area contributed by atoms with Crippen LogP contribution in [0.5, 0.6) is 0 Å². The zero-order valence-electron chi connectivity index (χ0n) is 9.11. The van der Waals surface area contributed by atoms with Gasteiger partial charge in [-0.25, -0.2) is 5.43 Å². The highest BCUT2D eigenvalue weighted by atomic mass is 79.9. The summed E-state index contributed by atoms with van der Waals surface area (Å²) in [5, 5.41) is 3.97. The first kappa shape index (κ1) is 11.0. The van der Waals surface area contributed by atoms with Crippen molar-refractivity contribution in [3.8, 4) is 0 Å². The molecule has 3 rings (SSSR count). The molecule has 2 aromatic heterocycles. The van der Waals surface area contributed by atoms with E-state index >= 15 is 0 Å². The number of carbonyl (C=O) groups excluding carboxylic acids is 1. The smallest absolute Gasteiger partial charge is 0.273 e. The second kappa shape index (κ2) is 4.30. The van der Waals surface area contributed by atoms with Crippen LogP contribution < -0.4 is 5.43 Å². The van der Waals surface area contributed by atoms with Crippen LogP contribution in [0, 0.1) is 0 Å². The third-order valence-corrected chi connectivity index (χ3v) is 2.95. The van der Waals surface area contributed by atoms with Gasteiger partial charge in [-0.15, -0.1) is 0 Å². The summed E-state index contributed by atoms with van der Waals surface area (Å²) in [4.78, 5) is 14.8. The van der Waals surface area contributed by atoms with E-state index in [1.807, 2.05) is 6.07 Å². The molecule has 0 spiro atoms. The number of rotatable bonds is 2. The monoisotopic (exact) mass is 305 g/mol. The molecule has 3 heterocycles. The SMILES string of the molecule is O=C1NN=C(c2ccco2)/C1=C\c1cc(Br)c[nH]1. The summed E-state index contributed by atoms with van der Waals surface area (Å²) >= 11 is 3.34. The van der Waals surface area contributed by atoms with Gasteiger partial charge < -0.3 is 9.40 Å². The van der Waals surface area contributed by atoms with Gasteiger partial charge in [0.2, 0.25) is 0 Å². The fourth-order valence-corrected chi connectivity index (χ4v) is 2.05. The van der Waals surface area contributed by atoms with Crippen LogP contribution in [-0.4, -0.2) is 16.6 Å². The van der Waals surface area contributed by atoms with Gasteiger partial charge in [0, 0.05) is 16.4 Å². The second-order valence-corrected chi connectivity index (χ2v) is 4.63. The molecule has 2 aromatic rings. The molecule has 0 radical (unpaired) electrons. The van der Waals surface area contributed by atoms with Crippen LogP contribution in [0.4, 0.5) is 0 Å². The molecular weight excluding hydrogens is 298 g/mol. The molecule has 0 atom stereocenters. The number of carbonyl (C=O) groups is 1. The van der Waals surface area contributed by atoms with Crippen molar-refractivity contribution in [3.63, 3.8) is 0 Å². The first-order valence-corrected chi connectivity index (χ1v) is 6.01. The van der Waals surface area contributed by atoms with E-state index in [2.05, 4.69) is 31.4 Å². The molecule has 1 aliphatic rings. The highest BCUT2D eigenvalue weighted by Crippen LogP contribution is 2.19. The van der Waals surface area contributed by atoms with Crippen molar-refractivity contribution in [2.45, 2.75) is 0 Å². The molecule has 5 nitrogen and oxygen atoms in total. The molecule has 1 amide bonds. The number of hydrogen-bond donors (Lipinski definition) is 2. The summed E-state index contributed by atoms with van der Waals surface area (Å²) in [6, 6.07) is 5.39. The van der Waals surface area contributed by atoms with E-state index in [1.54, 1.807) is 30.7 Å². The maximum absolute atomic E-state index is 11.7. The van der Waals surface area contributed by atoms with E-state index in [4.69, 9.17) is 4.42 Å². The lowest BCUT2D eigenvalue weighted by Gasteiger charge is -1.96. The lowest BCUT2D eigenvalue weighted by Crippen LogP contribution is -2.13. The van der Waals surface area contributed by atoms with Crippen LogP contribution in [0.25, 0.3) is 6.08 Å². The van der Waals surface area contributed by atoms with Crippen molar-refractivity contribution in [3.05, 3.63) is 52.2 Å². The fraction of sp³-hybridized carbons (Fsp3) is 0. The van der Waals surface area contributed by atoms with E-state index in [0.717, 1.165) is 10.2 Å². The Morgan fingerprint density at radius 3 is 3.00 bits per heavy atom. The molecule has 0 aliphatic carbocycles. The zero-order valence-corrected chi connectivity index (χ0v) is 10.7. The maximum atomic E-state index is 11.7. The van der Waals surface area contributed by atoms with E-state index in [9.17, 15) is 4.79 Å². The van der Waals surface area contributed by atoms with Crippen LogP contribution in [0.2, 0.25) is 0 Å². The van der Waals surface area contributed by atoms with Crippen molar-refractivity contribution >= 4 is 33.6 Å². The summed E-state index contributed by atoms with van der Waals surface area (Å²) in [7, 11) is 0. The Kier molecular flexibility index (Phi) is 2.64. The third kappa shape index (κ3) is 1.91. The van der Waals surface area contributed by atoms with Crippen LogP contribution in [0.15, 0.2) is 50.2 Å². The van der Waals surface area contributed by atoms with Gasteiger partial charge in [0.1, 0.15) is 5.71 Å². The Morgan fingerprint density at radius 1 is 1.44 bits per heavy atom. The minimum Gasteiger partial charge on any atom is -0.463 e. The van der Waals surface area contributed by atoms with Gasteiger partial charge in [0.25, 0.3) is 5.91 Å². The van der Waals surface area contributed by atoms with Gasteiger partial charge in [-0.3, -0.25) is 4.79 Å². The van der Waals surface area contributed by atoms with Gasteiger partial charge in [-0.05, 0) is 40.2 Å². The van der Waals surface area contributed by atoms with Gasteiger partial charge in [0.05, 0.1) is 11.8 Å². The molecule has 0 aromatic carbocycles. The number of H-pyrrole nitrogens is 1. The summed E-state index contributed by atoms with van der Waals surface area (Å²) in [6.45, 7) is 0. The quantitative estimate of drug-likeness (QED) is 0.836. The fourth-order valence-electron chi connectivity index (χ4n) is 1.69. The third-order valence-electron chi connectivity index (χ3n) is 2.49. The first-order chi connectivity index (χ1) is 8.74. The summed E-state index contributed by atoms with van der Waals surface area (Å²) in [5.74, 6) is 0.317. The number of nitrogens with one attached hydrogen (secondary N) is 2. The van der Waals surface area contributed by atoms with Crippen molar-refractivity contribution in [1.82, 2.24) is 10.4 Å². The second-order valence-electron chi connectivity index (χ2n) is 3.71. The Morgan fingerprint density at radius 2 is 2.33 bits per heavy atom.